The molecule has 0 saturated heterocycles. The summed E-state index contributed by atoms with van der Waals surface area (Å²) in [5.74, 6) is -1.15. The lowest BCUT2D eigenvalue weighted by atomic mass is 9.81. The smallest absolute Gasteiger partial charge is 0.336 e. The molecule has 0 aromatic heterocycles. The minimum atomic E-state index is -0.714. The number of nitrogens with zero attached hydrogens (tertiary/aromatic N) is 2. The summed E-state index contributed by atoms with van der Waals surface area (Å²) in [6, 6.07) is 8.19. The van der Waals surface area contributed by atoms with Crippen molar-refractivity contribution < 1.29 is 14.7 Å². The molecule has 1 atom stereocenters. The first-order chi connectivity index (χ1) is 11.9. The third-order valence-electron chi connectivity index (χ3n) is 3.84. The number of nitrogens with one attached hydrogen (secondary N) is 1. The molecule has 8 heteroatoms. The van der Waals surface area contributed by atoms with Crippen LogP contribution < -0.4 is 10.5 Å². The fourth-order valence-electron chi connectivity index (χ4n) is 2.78. The number of anilines is 1. The molecular weight excluding hydrogens is 346 g/mol. The lowest BCUT2D eigenvalue weighted by Gasteiger charge is -2.29. The Bertz CT molecular complexity index is 780. The summed E-state index contributed by atoms with van der Waals surface area (Å²) < 4.78 is 5.14. The molecule has 25 heavy (non-hydrogen) atoms. The van der Waals surface area contributed by atoms with Gasteiger partial charge in [0.1, 0.15) is 6.61 Å². The molecule has 0 aliphatic carbocycles. The molecule has 0 fully saturated rings. The van der Waals surface area contributed by atoms with Crippen molar-refractivity contribution in [1.82, 2.24) is 5.32 Å². The molecule has 0 saturated carbocycles. The molecular formula is C17H17ClN3O4-. The molecule has 1 aromatic rings. The Labute approximate surface area is 150 Å². The zero-order valence-corrected chi connectivity index (χ0v) is 14.5. The van der Waals surface area contributed by atoms with E-state index in [9.17, 15) is 15.3 Å². The first kappa shape index (κ1) is 18.8. The van der Waals surface area contributed by atoms with Gasteiger partial charge in [-0.15, -0.1) is 11.6 Å². The Kier molecular flexibility index (Phi) is 6.04. The monoisotopic (exact) mass is 362 g/mol. The highest BCUT2D eigenvalue weighted by atomic mass is 35.5. The third kappa shape index (κ3) is 3.94. The molecule has 2 rings (SSSR count). The van der Waals surface area contributed by atoms with Crippen molar-refractivity contribution in [1.29, 1.82) is 5.26 Å². The Morgan fingerprint density at radius 3 is 2.80 bits per heavy atom. The van der Waals surface area contributed by atoms with Crippen LogP contribution in [0.25, 0.3) is 0 Å². The van der Waals surface area contributed by atoms with E-state index in [1.165, 1.54) is 12.1 Å². The van der Waals surface area contributed by atoms with E-state index in [4.69, 9.17) is 21.5 Å². The number of carbonyl (C=O) groups excluding carboxylic acids is 1. The van der Waals surface area contributed by atoms with Crippen LogP contribution in [0, 0.1) is 16.5 Å². The van der Waals surface area contributed by atoms with Crippen molar-refractivity contribution in [3.05, 3.63) is 57.6 Å². The van der Waals surface area contributed by atoms with Gasteiger partial charge >= 0.3 is 5.97 Å². The van der Waals surface area contributed by atoms with Crippen molar-refractivity contribution in [2.45, 2.75) is 19.8 Å². The molecule has 1 heterocycles. The van der Waals surface area contributed by atoms with Crippen LogP contribution in [0.4, 0.5) is 5.69 Å². The number of allylic oxidation sites excluding steroid dienone is 3. The van der Waals surface area contributed by atoms with E-state index < -0.39 is 11.9 Å². The van der Waals surface area contributed by atoms with Gasteiger partial charge in [0.25, 0.3) is 0 Å². The standard InChI is InChI=1S/C17H17ClN3O4/c1-10-14(9-19)16(12-4-3-5-13(8-12)21(23)24)15(11(2)20-10)17(22)25-7-6-18/h3-5,8,16,20,23H,6-7H2,1-2H3/q-1/t16-/m0/s1. The average molecular weight is 363 g/mol. The third-order valence-corrected chi connectivity index (χ3v) is 3.99. The molecule has 7 nitrogen and oxygen atoms in total. The SMILES string of the molecule is CC1=C(C#N)[C@H](c2cccc(N([O-])O)c2)C(C(=O)OCCCl)=C(C)N1. The van der Waals surface area contributed by atoms with E-state index in [2.05, 4.69) is 11.4 Å². The summed E-state index contributed by atoms with van der Waals surface area (Å²) in [4.78, 5) is 12.5. The van der Waals surface area contributed by atoms with Gasteiger partial charge in [0.05, 0.1) is 34.7 Å². The first-order valence-corrected chi connectivity index (χ1v) is 8.02. The molecule has 1 aliphatic heterocycles. The number of carbonyl (C=O) groups is 1. The van der Waals surface area contributed by atoms with Crippen LogP contribution in [-0.2, 0) is 9.53 Å². The molecule has 132 valence electrons. The lowest BCUT2D eigenvalue weighted by Crippen LogP contribution is -2.29. The second kappa shape index (κ2) is 8.03. The number of halogens is 1. The van der Waals surface area contributed by atoms with Crippen molar-refractivity contribution in [3.8, 4) is 6.07 Å². The number of nitriles is 1. The highest BCUT2D eigenvalue weighted by molar-refractivity contribution is 6.18. The van der Waals surface area contributed by atoms with Gasteiger partial charge in [0.15, 0.2) is 0 Å². The highest BCUT2D eigenvalue weighted by Crippen LogP contribution is 2.39. The topological polar surface area (TPSA) is 109 Å². The Hall–Kier alpha value is -2.53. The maximum atomic E-state index is 12.5. The first-order valence-electron chi connectivity index (χ1n) is 7.48. The van der Waals surface area contributed by atoms with Crippen LogP contribution in [-0.4, -0.2) is 23.7 Å². The predicted molar refractivity (Wildman–Crippen MR) is 92.6 cm³/mol. The highest BCUT2D eigenvalue weighted by Gasteiger charge is 2.34. The van der Waals surface area contributed by atoms with Crippen LogP contribution in [0.15, 0.2) is 46.8 Å². The van der Waals surface area contributed by atoms with Crippen LogP contribution in [0.5, 0.6) is 0 Å². The largest absolute Gasteiger partial charge is 0.733 e. The van der Waals surface area contributed by atoms with Crippen LogP contribution in [0.2, 0.25) is 0 Å². The Balaban J connectivity index is 2.57. The molecule has 1 aromatic carbocycles. The molecule has 0 amide bonds. The van der Waals surface area contributed by atoms with Crippen LogP contribution in [0.3, 0.4) is 0 Å². The minimum absolute atomic E-state index is 0.00268. The quantitative estimate of drug-likeness (QED) is 0.471. The summed E-state index contributed by atoms with van der Waals surface area (Å²) in [5, 5.41) is 32.6. The number of hydrogen-bond donors (Lipinski definition) is 2. The zero-order chi connectivity index (χ0) is 18.6. The number of ether oxygens (including phenoxy) is 1. The summed E-state index contributed by atoms with van der Waals surface area (Å²) in [5.41, 5.74) is 2.26. The molecule has 0 bridgehead atoms. The van der Waals surface area contributed by atoms with Gasteiger partial charge in [-0.3, -0.25) is 5.21 Å². The van der Waals surface area contributed by atoms with E-state index in [-0.39, 0.29) is 29.0 Å². The van der Waals surface area contributed by atoms with Crippen molar-refractivity contribution in [3.63, 3.8) is 0 Å². The molecule has 1 aliphatic rings. The van der Waals surface area contributed by atoms with Gasteiger partial charge in [-0.05, 0) is 31.5 Å². The maximum absolute atomic E-state index is 12.5. The van der Waals surface area contributed by atoms with Gasteiger partial charge in [-0.2, -0.15) is 5.26 Å². The minimum Gasteiger partial charge on any atom is -0.733 e. The number of esters is 1. The maximum Gasteiger partial charge on any atom is 0.336 e. The summed E-state index contributed by atoms with van der Waals surface area (Å²) in [6.07, 6.45) is 0. The predicted octanol–water partition coefficient (Wildman–Crippen LogP) is 2.92. The van der Waals surface area contributed by atoms with E-state index in [0.29, 0.717) is 22.5 Å². The molecule has 0 radical (unpaired) electrons. The molecule has 2 N–H and O–H groups in total. The Morgan fingerprint density at radius 2 is 2.20 bits per heavy atom. The van der Waals surface area contributed by atoms with Crippen LogP contribution >= 0.6 is 11.6 Å². The van der Waals surface area contributed by atoms with E-state index in [1.54, 1.807) is 26.0 Å². The fraction of sp³-hybridized carbons (Fsp3) is 0.294. The number of hydrogen-bond acceptors (Lipinski definition) is 7. The van der Waals surface area contributed by atoms with Gasteiger partial charge in [-0.1, -0.05) is 12.1 Å². The molecule has 0 unspecified atom stereocenters. The summed E-state index contributed by atoms with van der Waals surface area (Å²) in [7, 11) is 0. The Morgan fingerprint density at radius 1 is 1.48 bits per heavy atom. The van der Waals surface area contributed by atoms with Crippen molar-refractivity contribution in [2.75, 3.05) is 17.7 Å². The van der Waals surface area contributed by atoms with E-state index in [1.807, 2.05) is 0 Å². The van der Waals surface area contributed by atoms with Crippen molar-refractivity contribution >= 4 is 23.3 Å². The number of rotatable bonds is 5. The summed E-state index contributed by atoms with van der Waals surface area (Å²) >= 11 is 5.57. The average Bonchev–Trinajstić information content (AvgIpc) is 2.59. The second-order valence-electron chi connectivity index (χ2n) is 5.44. The van der Waals surface area contributed by atoms with Crippen LogP contribution in [0.1, 0.15) is 25.3 Å². The van der Waals surface area contributed by atoms with E-state index >= 15 is 0 Å². The number of dihydropyridines is 1. The van der Waals surface area contributed by atoms with Gasteiger partial charge in [-0.25, -0.2) is 4.79 Å². The number of alkyl halides is 1. The zero-order valence-electron chi connectivity index (χ0n) is 13.7. The second-order valence-corrected chi connectivity index (χ2v) is 5.82. The van der Waals surface area contributed by atoms with Crippen molar-refractivity contribution in [2.24, 2.45) is 0 Å². The fourth-order valence-corrected chi connectivity index (χ4v) is 2.86. The number of benzene rings is 1. The van der Waals surface area contributed by atoms with Gasteiger partial charge < -0.3 is 20.5 Å². The van der Waals surface area contributed by atoms with E-state index in [0.717, 1.165) is 0 Å². The normalized spacial score (nSPS) is 17.0. The van der Waals surface area contributed by atoms with Gasteiger partial charge in [0.2, 0.25) is 0 Å². The lowest BCUT2D eigenvalue weighted by molar-refractivity contribution is -0.138. The van der Waals surface area contributed by atoms with Gasteiger partial charge in [0, 0.05) is 11.4 Å². The summed E-state index contributed by atoms with van der Waals surface area (Å²) in [6.45, 7) is 3.48. The molecule has 0 spiro atoms.